The van der Waals surface area contributed by atoms with Gasteiger partial charge in [-0.2, -0.15) is 0 Å². The van der Waals surface area contributed by atoms with Crippen LogP contribution in [0.15, 0.2) is 28.7 Å². The smallest absolute Gasteiger partial charge is 0.303 e. The summed E-state index contributed by atoms with van der Waals surface area (Å²) in [4.78, 5) is 10.6. The normalized spacial score (nSPS) is 12.1. The third-order valence-electron chi connectivity index (χ3n) is 3.09. The number of rotatable bonds is 7. The van der Waals surface area contributed by atoms with E-state index in [1.54, 1.807) is 7.11 Å². The van der Waals surface area contributed by atoms with Crippen molar-refractivity contribution in [2.45, 2.75) is 26.2 Å². The molecule has 1 atom stereocenters. The fraction of sp³-hybridized carbons (Fsp3) is 0.400. The number of benzene rings is 1. The van der Waals surface area contributed by atoms with Gasteiger partial charge in [0.2, 0.25) is 11.8 Å². The predicted octanol–water partition coefficient (Wildman–Crippen LogP) is 2.32. The van der Waals surface area contributed by atoms with Crippen molar-refractivity contribution in [3.8, 4) is 5.75 Å². The molecule has 6 heteroatoms. The molecule has 2 aromatic rings. The number of methoxy groups -OCH3 is 1. The van der Waals surface area contributed by atoms with Gasteiger partial charge in [0.15, 0.2) is 0 Å². The predicted molar refractivity (Wildman–Crippen MR) is 75.2 cm³/mol. The number of aromatic nitrogens is 2. The van der Waals surface area contributed by atoms with Crippen LogP contribution in [0.4, 0.5) is 0 Å². The van der Waals surface area contributed by atoms with E-state index in [9.17, 15) is 4.79 Å². The van der Waals surface area contributed by atoms with Gasteiger partial charge in [-0.1, -0.05) is 25.1 Å². The Labute approximate surface area is 122 Å². The second-order valence-electron chi connectivity index (χ2n) is 4.99. The Morgan fingerprint density at radius 2 is 2.05 bits per heavy atom. The molecule has 2 rings (SSSR count). The largest absolute Gasteiger partial charge is 0.496 e. The molecule has 0 spiro atoms. The molecule has 0 saturated carbocycles. The topological polar surface area (TPSA) is 85.5 Å². The molecule has 112 valence electrons. The molecular formula is C15H18N2O4. The summed E-state index contributed by atoms with van der Waals surface area (Å²) in [6, 6.07) is 7.64. The zero-order valence-electron chi connectivity index (χ0n) is 12.1. The zero-order valence-corrected chi connectivity index (χ0v) is 12.1. The summed E-state index contributed by atoms with van der Waals surface area (Å²) in [5.41, 5.74) is 0.966. The fourth-order valence-electron chi connectivity index (χ4n) is 2.12. The van der Waals surface area contributed by atoms with E-state index >= 15 is 0 Å². The number of hydrogen-bond acceptors (Lipinski definition) is 5. The second kappa shape index (κ2) is 6.88. The maximum atomic E-state index is 10.6. The van der Waals surface area contributed by atoms with E-state index in [4.69, 9.17) is 14.3 Å². The van der Waals surface area contributed by atoms with E-state index in [0.29, 0.717) is 24.6 Å². The van der Waals surface area contributed by atoms with Gasteiger partial charge in [-0.05, 0) is 12.0 Å². The molecule has 0 aliphatic rings. The summed E-state index contributed by atoms with van der Waals surface area (Å²) in [7, 11) is 1.62. The minimum Gasteiger partial charge on any atom is -0.496 e. The van der Waals surface area contributed by atoms with Gasteiger partial charge in [-0.15, -0.1) is 10.2 Å². The van der Waals surface area contributed by atoms with Crippen LogP contribution in [0.1, 0.15) is 30.7 Å². The number of carboxylic acids is 1. The zero-order chi connectivity index (χ0) is 15.2. The van der Waals surface area contributed by atoms with Crippen LogP contribution < -0.4 is 4.74 Å². The third-order valence-corrected chi connectivity index (χ3v) is 3.09. The highest BCUT2D eigenvalue weighted by Gasteiger charge is 2.14. The molecule has 1 N–H and O–H groups in total. The van der Waals surface area contributed by atoms with Crippen molar-refractivity contribution in [1.29, 1.82) is 0 Å². The van der Waals surface area contributed by atoms with Gasteiger partial charge in [0.05, 0.1) is 13.5 Å². The minimum absolute atomic E-state index is 0.0398. The SMILES string of the molecule is COc1ccccc1Cc1nnc(CC(C)CC(=O)O)o1. The number of para-hydroxylation sites is 1. The first-order valence-electron chi connectivity index (χ1n) is 6.73. The van der Waals surface area contributed by atoms with Crippen LogP contribution in [-0.2, 0) is 17.6 Å². The highest BCUT2D eigenvalue weighted by molar-refractivity contribution is 5.66. The maximum Gasteiger partial charge on any atom is 0.303 e. The quantitative estimate of drug-likeness (QED) is 0.842. The monoisotopic (exact) mass is 290 g/mol. The number of carbonyl (C=O) groups is 1. The van der Waals surface area contributed by atoms with Crippen LogP contribution in [0.25, 0.3) is 0 Å². The Balaban J connectivity index is 2.01. The Bertz CT molecular complexity index is 609. The van der Waals surface area contributed by atoms with Crippen molar-refractivity contribution >= 4 is 5.97 Å². The Kier molecular flexibility index (Phi) is 4.92. The molecule has 0 radical (unpaired) electrons. The van der Waals surface area contributed by atoms with Crippen molar-refractivity contribution in [3.63, 3.8) is 0 Å². The molecule has 0 saturated heterocycles. The molecule has 1 heterocycles. The molecule has 21 heavy (non-hydrogen) atoms. The lowest BCUT2D eigenvalue weighted by atomic mass is 10.0. The van der Waals surface area contributed by atoms with E-state index in [0.717, 1.165) is 11.3 Å². The van der Waals surface area contributed by atoms with Gasteiger partial charge in [0.1, 0.15) is 5.75 Å². The van der Waals surface area contributed by atoms with Gasteiger partial charge in [0.25, 0.3) is 0 Å². The van der Waals surface area contributed by atoms with Crippen molar-refractivity contribution in [2.75, 3.05) is 7.11 Å². The Hall–Kier alpha value is -2.37. The van der Waals surface area contributed by atoms with E-state index < -0.39 is 5.97 Å². The summed E-state index contributed by atoms with van der Waals surface area (Å²) < 4.78 is 10.8. The van der Waals surface area contributed by atoms with Gasteiger partial charge in [-0.3, -0.25) is 4.79 Å². The highest BCUT2D eigenvalue weighted by atomic mass is 16.5. The summed E-state index contributed by atoms with van der Waals surface area (Å²) in [6.07, 6.45) is 1.04. The van der Waals surface area contributed by atoms with Crippen molar-refractivity contribution in [2.24, 2.45) is 5.92 Å². The molecule has 0 aliphatic heterocycles. The van der Waals surface area contributed by atoms with Gasteiger partial charge in [0, 0.05) is 18.4 Å². The first-order chi connectivity index (χ1) is 10.1. The molecule has 0 amide bonds. The molecule has 1 unspecified atom stereocenters. The maximum absolute atomic E-state index is 10.6. The first-order valence-corrected chi connectivity index (χ1v) is 6.73. The summed E-state index contributed by atoms with van der Waals surface area (Å²) in [5, 5.41) is 16.7. The number of carboxylic acid groups (broad SMARTS) is 1. The summed E-state index contributed by atoms with van der Waals surface area (Å²) in [5.74, 6) is 0.875. The molecule has 0 fully saturated rings. The van der Waals surface area contributed by atoms with Gasteiger partial charge >= 0.3 is 5.97 Å². The minimum atomic E-state index is -0.823. The van der Waals surface area contributed by atoms with Gasteiger partial charge in [-0.25, -0.2) is 0 Å². The van der Waals surface area contributed by atoms with Crippen LogP contribution in [0.5, 0.6) is 5.75 Å². The lowest BCUT2D eigenvalue weighted by Gasteiger charge is -2.05. The highest BCUT2D eigenvalue weighted by Crippen LogP contribution is 2.21. The molecule has 1 aromatic carbocycles. The first kappa shape index (κ1) is 15.0. The van der Waals surface area contributed by atoms with Crippen LogP contribution in [0.3, 0.4) is 0 Å². The molecule has 6 nitrogen and oxygen atoms in total. The number of nitrogens with zero attached hydrogens (tertiary/aromatic N) is 2. The Morgan fingerprint density at radius 3 is 2.76 bits per heavy atom. The van der Waals surface area contributed by atoms with Gasteiger partial charge < -0.3 is 14.3 Å². The fourth-order valence-corrected chi connectivity index (χ4v) is 2.12. The van der Waals surface area contributed by atoms with Crippen LogP contribution in [0.2, 0.25) is 0 Å². The van der Waals surface area contributed by atoms with E-state index in [1.165, 1.54) is 0 Å². The average molecular weight is 290 g/mol. The second-order valence-corrected chi connectivity index (χ2v) is 4.99. The summed E-state index contributed by atoms with van der Waals surface area (Å²) >= 11 is 0. The summed E-state index contributed by atoms with van der Waals surface area (Å²) in [6.45, 7) is 1.85. The number of ether oxygens (including phenoxy) is 1. The Morgan fingerprint density at radius 1 is 1.33 bits per heavy atom. The molecular weight excluding hydrogens is 272 g/mol. The van der Waals surface area contributed by atoms with E-state index in [-0.39, 0.29) is 12.3 Å². The van der Waals surface area contributed by atoms with E-state index in [1.807, 2.05) is 31.2 Å². The number of aliphatic carboxylic acids is 1. The van der Waals surface area contributed by atoms with Crippen molar-refractivity contribution < 1.29 is 19.1 Å². The van der Waals surface area contributed by atoms with E-state index in [2.05, 4.69) is 10.2 Å². The lowest BCUT2D eigenvalue weighted by Crippen LogP contribution is -2.07. The average Bonchev–Trinajstić information content (AvgIpc) is 2.85. The lowest BCUT2D eigenvalue weighted by molar-refractivity contribution is -0.137. The molecule has 0 bridgehead atoms. The third kappa shape index (κ3) is 4.30. The molecule has 0 aliphatic carbocycles. The standard InChI is InChI=1S/C15H18N2O4/c1-10(8-15(18)19)7-13-16-17-14(21-13)9-11-5-3-4-6-12(11)20-2/h3-6,10H,7-9H2,1-2H3,(H,18,19). The van der Waals surface area contributed by atoms with Crippen LogP contribution in [-0.4, -0.2) is 28.4 Å². The number of hydrogen-bond donors (Lipinski definition) is 1. The van der Waals surface area contributed by atoms with Crippen molar-refractivity contribution in [3.05, 3.63) is 41.6 Å². The molecule has 1 aromatic heterocycles. The van der Waals surface area contributed by atoms with Crippen LogP contribution in [0, 0.1) is 5.92 Å². The van der Waals surface area contributed by atoms with Crippen molar-refractivity contribution in [1.82, 2.24) is 10.2 Å². The van der Waals surface area contributed by atoms with Crippen LogP contribution >= 0.6 is 0 Å².